The maximum absolute atomic E-state index is 14.1. The van der Waals surface area contributed by atoms with E-state index in [2.05, 4.69) is 0 Å². The van der Waals surface area contributed by atoms with E-state index in [9.17, 15) is 9.59 Å². The number of aromatic nitrogens is 1. The molecule has 0 radical (unpaired) electrons. The Morgan fingerprint density at radius 2 is 1.83 bits per heavy atom. The lowest BCUT2D eigenvalue weighted by molar-refractivity contribution is -0.127. The number of carbonyl (C=O) groups is 1. The van der Waals surface area contributed by atoms with Gasteiger partial charge in [-0.1, -0.05) is 22.9 Å². The van der Waals surface area contributed by atoms with Crippen LogP contribution < -0.4 is 24.4 Å². The summed E-state index contributed by atoms with van der Waals surface area (Å²) < 4.78 is 19.3. The first-order chi connectivity index (χ1) is 19.8. The summed E-state index contributed by atoms with van der Waals surface area (Å²) in [5.41, 5.74) is 2.18. The first kappa shape index (κ1) is 28.4. The van der Waals surface area contributed by atoms with Crippen LogP contribution in [0.2, 0.25) is 5.02 Å². The van der Waals surface area contributed by atoms with Crippen molar-refractivity contribution >= 4 is 34.9 Å². The minimum atomic E-state index is -0.771. The summed E-state index contributed by atoms with van der Waals surface area (Å²) in [7, 11) is 3.13. The summed E-state index contributed by atoms with van der Waals surface area (Å²) in [6, 6.07) is 15.6. The van der Waals surface area contributed by atoms with E-state index in [0.29, 0.717) is 67.3 Å². The molecule has 0 bridgehead atoms. The summed E-state index contributed by atoms with van der Waals surface area (Å²) in [6.07, 6.45) is 1.70. The van der Waals surface area contributed by atoms with Crippen LogP contribution in [0.4, 0.5) is 0 Å². The summed E-state index contributed by atoms with van der Waals surface area (Å²) >= 11 is 7.26. The zero-order chi connectivity index (χ0) is 29.3. The van der Waals surface area contributed by atoms with E-state index in [0.717, 1.165) is 5.56 Å². The maximum atomic E-state index is 14.1. The van der Waals surface area contributed by atoms with Crippen molar-refractivity contribution in [1.82, 2.24) is 9.47 Å². The second-order valence-electron chi connectivity index (χ2n) is 9.38. The highest BCUT2D eigenvalue weighted by molar-refractivity contribution is 7.07. The molecule has 5 rings (SSSR count). The minimum absolute atomic E-state index is 0.181. The average Bonchev–Trinajstić information content (AvgIpc) is 3.57. The van der Waals surface area contributed by atoms with Crippen LogP contribution in [0.25, 0.3) is 17.4 Å². The molecular weight excluding hydrogens is 562 g/mol. The molecular formula is C31H30ClN3O5S. The van der Waals surface area contributed by atoms with Crippen LogP contribution in [-0.4, -0.2) is 42.7 Å². The maximum Gasteiger partial charge on any atom is 0.271 e. The first-order valence-corrected chi connectivity index (χ1v) is 14.4. The van der Waals surface area contributed by atoms with Crippen molar-refractivity contribution in [2.24, 2.45) is 4.99 Å². The molecule has 41 heavy (non-hydrogen) atoms. The Labute approximate surface area is 246 Å². The van der Waals surface area contributed by atoms with Gasteiger partial charge < -0.3 is 18.8 Å². The number of ether oxygens (including phenoxy) is 2. The monoisotopic (exact) mass is 591 g/mol. The van der Waals surface area contributed by atoms with E-state index < -0.39 is 6.04 Å². The van der Waals surface area contributed by atoms with Gasteiger partial charge in [-0.2, -0.15) is 0 Å². The van der Waals surface area contributed by atoms with Crippen LogP contribution in [0, 0.1) is 0 Å². The molecule has 2 aromatic carbocycles. The van der Waals surface area contributed by atoms with Crippen LogP contribution in [-0.2, 0) is 4.79 Å². The lowest BCUT2D eigenvalue weighted by atomic mass is 9.93. The number of furan rings is 1. The van der Waals surface area contributed by atoms with Crippen molar-refractivity contribution in [3.8, 4) is 22.8 Å². The number of carbonyl (C=O) groups excluding carboxylic acids is 1. The fourth-order valence-corrected chi connectivity index (χ4v) is 6.11. The topological polar surface area (TPSA) is 86.3 Å². The second-order valence-corrected chi connectivity index (χ2v) is 10.8. The molecule has 0 N–H and O–H groups in total. The molecule has 8 nitrogen and oxygen atoms in total. The second kappa shape index (κ2) is 11.8. The van der Waals surface area contributed by atoms with Gasteiger partial charge in [0.1, 0.15) is 29.1 Å². The van der Waals surface area contributed by atoms with Gasteiger partial charge in [-0.3, -0.25) is 14.2 Å². The normalized spacial score (nSPS) is 15.0. The van der Waals surface area contributed by atoms with Gasteiger partial charge >= 0.3 is 0 Å². The van der Waals surface area contributed by atoms with Crippen LogP contribution in [0.1, 0.15) is 38.1 Å². The average molecular weight is 592 g/mol. The minimum Gasteiger partial charge on any atom is -0.497 e. The molecule has 3 heterocycles. The van der Waals surface area contributed by atoms with Gasteiger partial charge in [0.05, 0.1) is 30.0 Å². The fraction of sp³-hybridized carbons (Fsp3) is 0.258. The number of allylic oxidation sites excluding steroid dienone is 1. The Kier molecular flexibility index (Phi) is 8.19. The Balaban J connectivity index is 1.70. The predicted molar refractivity (Wildman–Crippen MR) is 160 cm³/mol. The van der Waals surface area contributed by atoms with Crippen LogP contribution in [0.3, 0.4) is 0 Å². The zero-order valence-electron chi connectivity index (χ0n) is 23.4. The van der Waals surface area contributed by atoms with Gasteiger partial charge in [-0.15, -0.1) is 0 Å². The molecule has 0 aliphatic carbocycles. The number of thiazole rings is 1. The van der Waals surface area contributed by atoms with Gasteiger partial charge in [0.15, 0.2) is 4.80 Å². The summed E-state index contributed by atoms with van der Waals surface area (Å²) in [5.74, 6) is 2.11. The molecule has 1 aliphatic heterocycles. The van der Waals surface area contributed by atoms with Gasteiger partial charge in [-0.05, 0) is 75.4 Å². The third-order valence-electron chi connectivity index (χ3n) is 7.06. The smallest absolute Gasteiger partial charge is 0.271 e. The molecule has 0 unspecified atom stereocenters. The van der Waals surface area contributed by atoms with Crippen LogP contribution in [0.5, 0.6) is 11.5 Å². The van der Waals surface area contributed by atoms with Gasteiger partial charge in [-0.25, -0.2) is 4.99 Å². The molecule has 0 saturated heterocycles. The van der Waals surface area contributed by atoms with Crippen molar-refractivity contribution in [2.75, 3.05) is 27.3 Å². The molecule has 0 spiro atoms. The summed E-state index contributed by atoms with van der Waals surface area (Å²) in [6.45, 7) is 6.70. The summed E-state index contributed by atoms with van der Waals surface area (Å²) in [4.78, 5) is 34.9. The largest absolute Gasteiger partial charge is 0.497 e. The van der Waals surface area contributed by atoms with E-state index in [4.69, 9.17) is 30.5 Å². The molecule has 212 valence electrons. The Bertz CT molecular complexity index is 1810. The molecule has 1 amide bonds. The number of fused-ring (bicyclic) bond motifs is 1. The third-order valence-corrected chi connectivity index (χ3v) is 8.30. The summed E-state index contributed by atoms with van der Waals surface area (Å²) in [5, 5.41) is 0.637. The Hall–Kier alpha value is -4.08. The van der Waals surface area contributed by atoms with Crippen molar-refractivity contribution in [3.05, 3.63) is 102 Å². The SMILES string of the molecule is CCN(CC)C(=O)C1=C(C)N=c2s/c(=C/c3ccc(-c4ccc(Cl)cc4)o3)c(=O)n2[C@@H]1c1cc(OC)ccc1OC. The van der Waals surface area contributed by atoms with E-state index in [-0.39, 0.29) is 11.5 Å². The number of hydrogen-bond donors (Lipinski definition) is 0. The van der Waals surface area contributed by atoms with E-state index >= 15 is 0 Å². The molecule has 4 aromatic rings. The molecule has 10 heteroatoms. The van der Waals surface area contributed by atoms with E-state index in [1.807, 2.05) is 38.1 Å². The number of amides is 1. The number of halogens is 1. The van der Waals surface area contributed by atoms with E-state index in [1.54, 1.807) is 67.0 Å². The number of likely N-dealkylation sites (N-methyl/N-ethyl adjacent to an activating group) is 1. The van der Waals surface area contributed by atoms with Crippen molar-refractivity contribution in [2.45, 2.75) is 26.8 Å². The van der Waals surface area contributed by atoms with Crippen LogP contribution in [0.15, 0.2) is 80.1 Å². The Morgan fingerprint density at radius 1 is 1.10 bits per heavy atom. The zero-order valence-corrected chi connectivity index (χ0v) is 25.0. The highest BCUT2D eigenvalue weighted by Crippen LogP contribution is 2.38. The van der Waals surface area contributed by atoms with Crippen molar-refractivity contribution < 1.29 is 18.7 Å². The van der Waals surface area contributed by atoms with Crippen LogP contribution >= 0.6 is 22.9 Å². The highest BCUT2D eigenvalue weighted by Gasteiger charge is 2.36. The number of nitrogens with zero attached hydrogens (tertiary/aromatic N) is 3. The molecule has 1 atom stereocenters. The standard InChI is InChI=1S/C31H30ClN3O5S/c1-6-34(7-2)30(37)27-18(3)33-31-35(28(27)23-16-21(38-4)12-15-25(23)39-5)29(36)26(41-31)17-22-13-14-24(40-22)19-8-10-20(32)11-9-19/h8-17,28H,6-7H2,1-5H3/b26-17+/t28-/m1/s1. The number of benzene rings is 2. The molecule has 2 aromatic heterocycles. The predicted octanol–water partition coefficient (Wildman–Crippen LogP) is 5.03. The van der Waals surface area contributed by atoms with Crippen molar-refractivity contribution in [1.29, 1.82) is 0 Å². The van der Waals surface area contributed by atoms with E-state index in [1.165, 1.54) is 11.3 Å². The van der Waals surface area contributed by atoms with Gasteiger partial charge in [0.2, 0.25) is 0 Å². The number of methoxy groups -OCH3 is 2. The lowest BCUT2D eigenvalue weighted by Gasteiger charge is -2.30. The fourth-order valence-electron chi connectivity index (χ4n) is 4.95. The Morgan fingerprint density at radius 3 is 2.49 bits per heavy atom. The molecule has 1 aliphatic rings. The number of hydrogen-bond acceptors (Lipinski definition) is 7. The lowest BCUT2D eigenvalue weighted by Crippen LogP contribution is -2.43. The van der Waals surface area contributed by atoms with Gasteiger partial charge in [0.25, 0.3) is 11.5 Å². The molecule has 0 saturated carbocycles. The molecule has 0 fully saturated rings. The third kappa shape index (κ3) is 5.35. The first-order valence-electron chi connectivity index (χ1n) is 13.2. The van der Waals surface area contributed by atoms with Gasteiger partial charge in [0, 0.05) is 35.3 Å². The van der Waals surface area contributed by atoms with Crippen molar-refractivity contribution in [3.63, 3.8) is 0 Å². The highest BCUT2D eigenvalue weighted by atomic mass is 35.5. The quantitative estimate of drug-likeness (QED) is 0.287. The number of rotatable bonds is 8.